The van der Waals surface area contributed by atoms with Crippen molar-refractivity contribution in [3.8, 4) is 11.6 Å². The molecule has 0 aliphatic carbocycles. The molecule has 2 aromatic heterocycles. The molecule has 0 fully saturated rings. The first-order chi connectivity index (χ1) is 14.1. The maximum Gasteiger partial charge on any atom is 0.437 e. The summed E-state index contributed by atoms with van der Waals surface area (Å²) in [5, 5.41) is 6.05. The van der Waals surface area contributed by atoms with Crippen LogP contribution in [0.4, 0.5) is 5.69 Å². The van der Waals surface area contributed by atoms with Gasteiger partial charge in [-0.3, -0.25) is 9.78 Å². The van der Waals surface area contributed by atoms with Crippen molar-refractivity contribution in [2.75, 3.05) is 4.90 Å². The molecule has 1 amide bonds. The number of hydrogen-bond acceptors (Lipinski definition) is 5. The Kier molecular flexibility index (Phi) is 4.01. The van der Waals surface area contributed by atoms with Crippen LogP contribution in [0.2, 0.25) is 0 Å². The Balaban J connectivity index is 1.47. The van der Waals surface area contributed by atoms with Crippen LogP contribution >= 0.6 is 0 Å². The Morgan fingerprint density at radius 3 is 2.83 bits per heavy atom. The lowest BCUT2D eigenvalue weighted by Crippen LogP contribution is -2.39. The lowest BCUT2D eigenvalue weighted by molar-refractivity contribution is -0.119. The molecule has 2 aromatic carbocycles. The number of nitrogens with zero attached hydrogens (tertiary/aromatic N) is 4. The summed E-state index contributed by atoms with van der Waals surface area (Å²) >= 11 is 0. The van der Waals surface area contributed by atoms with E-state index in [1.165, 1.54) is 0 Å². The van der Waals surface area contributed by atoms with Gasteiger partial charge in [-0.2, -0.15) is 4.68 Å². The Morgan fingerprint density at radius 2 is 1.93 bits per heavy atom. The number of fused-ring (bicyclic) bond motifs is 2. The minimum absolute atomic E-state index is 0.0294. The van der Waals surface area contributed by atoms with Gasteiger partial charge in [0.1, 0.15) is 12.2 Å². The topological polar surface area (TPSA) is 81.2 Å². The smallest absolute Gasteiger partial charge is 0.386 e. The molecule has 3 heterocycles. The molecule has 1 aliphatic rings. The highest BCUT2D eigenvalue weighted by Gasteiger charge is 2.31. The molecule has 7 heteroatoms. The van der Waals surface area contributed by atoms with E-state index in [0.717, 1.165) is 33.1 Å². The number of para-hydroxylation sites is 1. The number of aromatic nitrogens is 3. The third-order valence-corrected chi connectivity index (χ3v) is 5.24. The lowest BCUT2D eigenvalue weighted by atomic mass is 10.1. The molecule has 4 aromatic rings. The summed E-state index contributed by atoms with van der Waals surface area (Å²) in [6.45, 7) is 1.81. The lowest BCUT2D eigenvalue weighted by Gasteiger charge is -2.22. The first-order valence-corrected chi connectivity index (χ1v) is 9.44. The highest BCUT2D eigenvalue weighted by Crippen LogP contribution is 2.32. The molecule has 29 heavy (non-hydrogen) atoms. The number of hydrogen-bond donors (Lipinski definition) is 0. The van der Waals surface area contributed by atoms with Crippen LogP contribution < -0.4 is 10.7 Å². The van der Waals surface area contributed by atoms with Crippen LogP contribution in [-0.4, -0.2) is 26.7 Å². The predicted octanol–water partition coefficient (Wildman–Crippen LogP) is 3.03. The van der Waals surface area contributed by atoms with Crippen molar-refractivity contribution in [1.29, 1.82) is 0 Å². The van der Waals surface area contributed by atoms with E-state index in [1.54, 1.807) is 11.1 Å². The van der Waals surface area contributed by atoms with Crippen molar-refractivity contribution in [3.05, 3.63) is 76.9 Å². The highest BCUT2D eigenvalue weighted by atomic mass is 16.4. The van der Waals surface area contributed by atoms with E-state index >= 15 is 0 Å². The van der Waals surface area contributed by atoms with Crippen LogP contribution in [0.15, 0.2) is 70.0 Å². The third kappa shape index (κ3) is 2.91. The van der Waals surface area contributed by atoms with Gasteiger partial charge in [-0.05, 0) is 36.4 Å². The van der Waals surface area contributed by atoms with Crippen molar-refractivity contribution in [1.82, 2.24) is 14.8 Å². The molecule has 5 rings (SSSR count). The Morgan fingerprint density at radius 1 is 1.14 bits per heavy atom. The maximum absolute atomic E-state index is 13.0. The van der Waals surface area contributed by atoms with Gasteiger partial charge in [-0.15, -0.1) is 5.10 Å². The van der Waals surface area contributed by atoms with Crippen molar-refractivity contribution in [3.63, 3.8) is 0 Å². The fourth-order valence-electron chi connectivity index (χ4n) is 3.94. The highest BCUT2D eigenvalue weighted by molar-refractivity contribution is 5.96. The van der Waals surface area contributed by atoms with Crippen LogP contribution in [0.3, 0.4) is 0 Å². The van der Waals surface area contributed by atoms with Gasteiger partial charge in [-0.25, -0.2) is 4.79 Å². The van der Waals surface area contributed by atoms with Gasteiger partial charge < -0.3 is 9.32 Å². The molecule has 0 unspecified atom stereocenters. The SMILES string of the molecule is C[C@H]1Cc2ccccc2N1C(=O)Cn1nc(-c2nccc3ccccc23)oc1=O. The van der Waals surface area contributed by atoms with Gasteiger partial charge in [0.05, 0.1) is 0 Å². The predicted molar refractivity (Wildman–Crippen MR) is 109 cm³/mol. The molecule has 1 atom stereocenters. The normalized spacial score (nSPS) is 15.6. The Hall–Kier alpha value is -3.74. The summed E-state index contributed by atoms with van der Waals surface area (Å²) in [4.78, 5) is 31.4. The number of carbonyl (C=O) groups excluding carboxylic acids is 1. The van der Waals surface area contributed by atoms with Crippen LogP contribution in [0, 0.1) is 0 Å². The fourth-order valence-corrected chi connectivity index (χ4v) is 3.94. The standard InChI is InChI=1S/C22H18N4O3/c1-14-12-16-7-3-5-9-18(16)26(14)19(27)13-25-22(28)29-21(24-25)20-17-8-4-2-6-15(17)10-11-23-20/h2-11,14H,12-13H2,1H3/t14-/m0/s1. The van der Waals surface area contributed by atoms with E-state index in [0.29, 0.717) is 5.69 Å². The van der Waals surface area contributed by atoms with Gasteiger partial charge >= 0.3 is 5.76 Å². The number of amides is 1. The molecule has 7 nitrogen and oxygen atoms in total. The zero-order valence-corrected chi connectivity index (χ0v) is 15.8. The summed E-state index contributed by atoms with van der Waals surface area (Å²) in [5.41, 5.74) is 2.49. The van der Waals surface area contributed by atoms with Gasteiger partial charge in [0.25, 0.3) is 5.89 Å². The number of pyridine rings is 1. The van der Waals surface area contributed by atoms with Crippen molar-refractivity contribution >= 4 is 22.4 Å². The molecular weight excluding hydrogens is 368 g/mol. The van der Waals surface area contributed by atoms with Crippen molar-refractivity contribution in [2.45, 2.75) is 25.9 Å². The molecule has 0 bridgehead atoms. The van der Waals surface area contributed by atoms with Crippen LogP contribution in [0.1, 0.15) is 12.5 Å². The van der Waals surface area contributed by atoms with E-state index in [2.05, 4.69) is 10.1 Å². The minimum Gasteiger partial charge on any atom is -0.386 e. The van der Waals surface area contributed by atoms with E-state index in [9.17, 15) is 9.59 Å². The summed E-state index contributed by atoms with van der Waals surface area (Å²) in [5.74, 6) is -0.770. The van der Waals surface area contributed by atoms with Crippen molar-refractivity contribution < 1.29 is 9.21 Å². The van der Waals surface area contributed by atoms with Crippen molar-refractivity contribution in [2.24, 2.45) is 0 Å². The fraction of sp³-hybridized carbons (Fsp3) is 0.182. The molecule has 144 valence electrons. The van der Waals surface area contributed by atoms with Crippen LogP contribution in [0.5, 0.6) is 0 Å². The van der Waals surface area contributed by atoms with Crippen LogP contribution in [0.25, 0.3) is 22.4 Å². The molecule has 1 aliphatic heterocycles. The summed E-state index contributed by atoms with van der Waals surface area (Å²) in [6, 6.07) is 17.4. The second-order valence-electron chi connectivity index (χ2n) is 7.16. The Bertz CT molecular complexity index is 1290. The quantitative estimate of drug-likeness (QED) is 0.541. The van der Waals surface area contributed by atoms with Gasteiger partial charge in [0, 0.05) is 23.3 Å². The van der Waals surface area contributed by atoms with Crippen LogP contribution in [-0.2, 0) is 17.8 Å². The Labute approximate surface area is 166 Å². The third-order valence-electron chi connectivity index (χ3n) is 5.24. The van der Waals surface area contributed by atoms with Gasteiger partial charge in [0.2, 0.25) is 5.91 Å². The average molecular weight is 386 g/mol. The van der Waals surface area contributed by atoms with E-state index < -0.39 is 5.76 Å². The summed E-state index contributed by atoms with van der Waals surface area (Å²) in [7, 11) is 0. The maximum atomic E-state index is 13.0. The number of carbonyl (C=O) groups is 1. The first-order valence-electron chi connectivity index (χ1n) is 9.44. The molecule has 0 radical (unpaired) electrons. The molecule has 0 saturated heterocycles. The second-order valence-corrected chi connectivity index (χ2v) is 7.16. The first kappa shape index (κ1) is 17.4. The van der Waals surface area contributed by atoms with Gasteiger partial charge in [-0.1, -0.05) is 42.5 Å². The molecule has 0 N–H and O–H groups in total. The second kappa shape index (κ2) is 6.70. The number of anilines is 1. The number of rotatable bonds is 3. The van der Waals surface area contributed by atoms with E-state index in [-0.39, 0.29) is 24.4 Å². The monoisotopic (exact) mass is 386 g/mol. The summed E-state index contributed by atoms with van der Waals surface area (Å²) < 4.78 is 6.40. The largest absolute Gasteiger partial charge is 0.437 e. The zero-order valence-electron chi connectivity index (χ0n) is 15.8. The molecule has 0 spiro atoms. The molecule has 0 saturated carbocycles. The van der Waals surface area contributed by atoms with Gasteiger partial charge in [0.15, 0.2) is 0 Å². The van der Waals surface area contributed by atoms with E-state index in [1.807, 2.05) is 61.5 Å². The summed E-state index contributed by atoms with van der Waals surface area (Å²) in [6.07, 6.45) is 2.44. The zero-order chi connectivity index (χ0) is 20.0. The average Bonchev–Trinajstić information content (AvgIpc) is 3.26. The molecular formula is C22H18N4O3. The number of benzene rings is 2. The minimum atomic E-state index is -0.678. The van der Waals surface area contributed by atoms with E-state index in [4.69, 9.17) is 4.42 Å².